The van der Waals surface area contributed by atoms with Gasteiger partial charge in [-0.3, -0.25) is 47.7 Å². The second kappa shape index (κ2) is 32.3. The van der Waals surface area contributed by atoms with E-state index in [0.717, 1.165) is 16.0 Å². The number of benzene rings is 2. The molecule has 1 saturated heterocycles. The first-order chi connectivity index (χ1) is 40.1. The Morgan fingerprint density at radius 2 is 1.55 bits per heavy atom. The van der Waals surface area contributed by atoms with Crippen molar-refractivity contribution in [3.05, 3.63) is 76.3 Å². The molecule has 2 aliphatic rings. The lowest BCUT2D eigenvalue weighted by atomic mass is 9.84. The number of amides is 5. The van der Waals surface area contributed by atoms with Crippen LogP contribution in [0.5, 0.6) is 5.75 Å². The monoisotopic (exact) mass is 1240 g/mol. The van der Waals surface area contributed by atoms with E-state index in [1.165, 1.54) is 13.2 Å². The van der Waals surface area contributed by atoms with Crippen LogP contribution < -0.4 is 26.0 Å². The quantitative estimate of drug-likeness (QED) is 0.0342. The molecule has 9 atom stereocenters. The molecule has 0 aliphatic carbocycles. The third-order valence-electron chi connectivity index (χ3n) is 15.4. The lowest BCUT2D eigenvalue weighted by Crippen LogP contribution is -2.55. The summed E-state index contributed by atoms with van der Waals surface area (Å²) in [5, 5.41) is 20.2. The summed E-state index contributed by atoms with van der Waals surface area (Å²) in [6.07, 6.45) is -1.16. The maximum Gasteiger partial charge on any atom is 0.347 e. The van der Waals surface area contributed by atoms with Crippen molar-refractivity contribution in [2.24, 2.45) is 28.6 Å². The summed E-state index contributed by atoms with van der Waals surface area (Å²) in [6.45, 7) is 16.6. The number of nitrogens with zero attached hydrogens (tertiary/aromatic N) is 1. The van der Waals surface area contributed by atoms with Gasteiger partial charge in [-0.15, -0.1) is 0 Å². The number of carboxylic acid groups (broad SMARTS) is 1. The highest BCUT2D eigenvalue weighted by atomic mass is 35.5. The number of rotatable bonds is 28. The van der Waals surface area contributed by atoms with Crippen LogP contribution in [0.15, 0.2) is 54.6 Å². The van der Waals surface area contributed by atoms with Crippen LogP contribution in [-0.2, 0) is 85.1 Å². The normalized spacial score (nSPS) is 21.7. The van der Waals surface area contributed by atoms with Crippen molar-refractivity contribution in [1.82, 2.24) is 26.2 Å². The van der Waals surface area contributed by atoms with Crippen LogP contribution in [0.2, 0.25) is 5.02 Å². The van der Waals surface area contributed by atoms with Gasteiger partial charge < -0.3 is 50.2 Å². The largest absolute Gasteiger partial charge is 0.495 e. The van der Waals surface area contributed by atoms with E-state index in [1.54, 1.807) is 65.8 Å². The molecule has 0 aromatic heterocycles. The van der Waals surface area contributed by atoms with Gasteiger partial charge in [-0.25, -0.2) is 4.79 Å². The van der Waals surface area contributed by atoms with Gasteiger partial charge in [0.05, 0.1) is 41.9 Å². The van der Waals surface area contributed by atoms with E-state index in [2.05, 4.69) is 21.3 Å². The van der Waals surface area contributed by atoms with Crippen LogP contribution in [0.1, 0.15) is 143 Å². The van der Waals surface area contributed by atoms with Gasteiger partial charge in [-0.2, -0.15) is 8.42 Å². The van der Waals surface area contributed by atoms with Gasteiger partial charge in [0.15, 0.2) is 11.9 Å². The van der Waals surface area contributed by atoms with Gasteiger partial charge in [-0.05, 0) is 80.3 Å². The van der Waals surface area contributed by atoms with Gasteiger partial charge in [0, 0.05) is 88.9 Å². The number of esters is 2. The predicted molar refractivity (Wildman–Crippen MR) is 317 cm³/mol. The van der Waals surface area contributed by atoms with Crippen LogP contribution in [0.25, 0.3) is 0 Å². The fourth-order valence-electron chi connectivity index (χ4n) is 9.47. The Hall–Kier alpha value is -6.76. The third-order valence-corrected chi connectivity index (χ3v) is 16.4. The fourth-order valence-corrected chi connectivity index (χ4v) is 10.1. The number of cyclic esters (lactones) is 2. The smallest absolute Gasteiger partial charge is 0.347 e. The van der Waals surface area contributed by atoms with E-state index in [9.17, 15) is 61.5 Å². The molecule has 0 radical (unpaired) electrons. The Bertz CT molecular complexity index is 2910. The number of aliphatic carboxylic acids is 1. The van der Waals surface area contributed by atoms with Gasteiger partial charge in [0.2, 0.25) is 29.5 Å². The number of nitrogens with one attached hydrogen (secondary N) is 4. The zero-order valence-corrected chi connectivity index (χ0v) is 52.6. The first-order valence-corrected chi connectivity index (χ1v) is 30.9. The summed E-state index contributed by atoms with van der Waals surface area (Å²) in [5.41, 5.74) is 0.432. The molecule has 5 amide bonds. The summed E-state index contributed by atoms with van der Waals surface area (Å²) in [4.78, 5) is 133. The Morgan fingerprint density at radius 1 is 0.895 bits per heavy atom. The molecule has 6 N–H and O–H groups in total. The lowest BCUT2D eigenvalue weighted by molar-refractivity contribution is -0.181. The Kier molecular flexibility index (Phi) is 26.9. The van der Waals surface area contributed by atoms with Gasteiger partial charge >= 0.3 is 17.9 Å². The summed E-state index contributed by atoms with van der Waals surface area (Å²) in [6, 6.07) is 9.66. The third kappa shape index (κ3) is 23.5. The number of halogens is 1. The Morgan fingerprint density at radius 3 is 2.15 bits per heavy atom. The molecule has 0 spiro atoms. The SMILES string of the molecule is COc1ccc(C[C@H]2NC(=O)/C=C/C[C@@H]([C@H](C)[C@H]3O[C@@H]3c3ccc(CCC(=O)[C@H](C)NC(=O)[C@@H](CC(=O)CCN(CCC(=O)O)C(=O)CCC(=O)NCCS(=O)(=O)O)C(C)C)cc3)OC(=O)[C@H](CC(C)(C)C)OC(=O)C(C)(C)[C@H](C)NC2=O)cc1Cl. The molecule has 4 rings (SSSR count). The number of carbonyl (C=O) groups excluding carboxylic acids is 9. The van der Waals surface area contributed by atoms with E-state index < -0.39 is 141 Å². The summed E-state index contributed by atoms with van der Waals surface area (Å²) >= 11 is 6.41. The number of ketones is 2. The van der Waals surface area contributed by atoms with E-state index in [0.29, 0.717) is 22.8 Å². The highest BCUT2D eigenvalue weighted by molar-refractivity contribution is 7.85. The summed E-state index contributed by atoms with van der Waals surface area (Å²) in [7, 11) is -2.84. The minimum absolute atomic E-state index is 0.0471. The van der Waals surface area contributed by atoms with E-state index in [4.69, 9.17) is 35.1 Å². The minimum Gasteiger partial charge on any atom is -0.495 e. The molecule has 2 aromatic rings. The second-order valence-corrected chi connectivity index (χ2v) is 26.3. The number of carbonyl (C=O) groups is 10. The maximum absolute atomic E-state index is 14.2. The maximum atomic E-state index is 14.2. The van der Waals surface area contributed by atoms with Crippen molar-refractivity contribution in [2.75, 3.05) is 32.5 Å². The van der Waals surface area contributed by atoms with Crippen LogP contribution in [0.3, 0.4) is 0 Å². The molecule has 476 valence electrons. The number of hydrogen-bond acceptors (Lipinski definition) is 16. The molecule has 0 unspecified atom stereocenters. The number of hydrogen-bond donors (Lipinski definition) is 6. The van der Waals surface area contributed by atoms with E-state index in [1.807, 2.05) is 52.0 Å². The predicted octanol–water partition coefficient (Wildman–Crippen LogP) is 5.62. The van der Waals surface area contributed by atoms with Crippen molar-refractivity contribution < 1.29 is 85.0 Å². The molecule has 2 heterocycles. The highest BCUT2D eigenvalue weighted by Gasteiger charge is 2.48. The molecule has 1 fully saturated rings. The minimum atomic E-state index is -4.31. The first-order valence-electron chi connectivity index (χ1n) is 28.9. The van der Waals surface area contributed by atoms with Crippen LogP contribution in [0.4, 0.5) is 0 Å². The van der Waals surface area contributed by atoms with Crippen molar-refractivity contribution in [3.63, 3.8) is 0 Å². The van der Waals surface area contributed by atoms with E-state index >= 15 is 0 Å². The zero-order valence-electron chi connectivity index (χ0n) is 51.0. The topological polar surface area (TPSA) is 337 Å². The molecule has 0 saturated carbocycles. The molecule has 86 heavy (non-hydrogen) atoms. The second-order valence-electron chi connectivity index (χ2n) is 24.3. The zero-order chi connectivity index (χ0) is 64.4. The highest BCUT2D eigenvalue weighted by Crippen LogP contribution is 2.45. The summed E-state index contributed by atoms with van der Waals surface area (Å²) < 4.78 is 54.4. The van der Waals surface area contributed by atoms with Gasteiger partial charge in [0.1, 0.15) is 29.8 Å². The summed E-state index contributed by atoms with van der Waals surface area (Å²) in [5.74, 6) is -8.22. The molecule has 23 nitrogen and oxygen atoms in total. The molecule has 2 aromatic carbocycles. The molecule has 25 heteroatoms. The average molecular weight is 1240 g/mol. The van der Waals surface area contributed by atoms with Gasteiger partial charge in [-0.1, -0.05) is 89.6 Å². The van der Waals surface area contributed by atoms with Gasteiger partial charge in [0.25, 0.3) is 10.1 Å². The molecule has 0 bridgehead atoms. The molecule has 2 aliphatic heterocycles. The Balaban J connectivity index is 1.39. The number of epoxide rings is 1. The number of ether oxygens (including phenoxy) is 4. The van der Waals surface area contributed by atoms with Crippen LogP contribution in [-0.4, -0.2) is 151 Å². The van der Waals surface area contributed by atoms with Crippen molar-refractivity contribution in [2.45, 2.75) is 176 Å². The number of methoxy groups -OCH3 is 1. The number of Topliss-reactive ketones (excluding diaryl/α,β-unsaturated/α-hetero) is 2. The molecular formula is C61H86ClN5O18S. The van der Waals surface area contributed by atoms with E-state index in [-0.39, 0.29) is 82.7 Å². The first kappa shape index (κ1) is 71.7. The van der Waals surface area contributed by atoms with Crippen LogP contribution in [0, 0.1) is 28.6 Å². The fraction of sp³-hybridized carbons (Fsp3) is 0.607. The lowest BCUT2D eigenvalue weighted by Gasteiger charge is -2.34. The number of aryl methyl sites for hydroxylation is 1. The molecular weight excluding hydrogens is 1160 g/mol. The van der Waals surface area contributed by atoms with Crippen molar-refractivity contribution >= 4 is 80.7 Å². The van der Waals surface area contributed by atoms with Crippen LogP contribution >= 0.6 is 11.6 Å². The number of carboxylic acids is 1. The van der Waals surface area contributed by atoms with Crippen molar-refractivity contribution in [1.29, 1.82) is 0 Å². The average Bonchev–Trinajstić information content (AvgIpc) is 2.07. The Labute approximate surface area is 508 Å². The van der Waals surface area contributed by atoms with Crippen molar-refractivity contribution in [3.8, 4) is 5.75 Å². The standard InChI is InChI=1S/C61H86ClN5O18S/c1-35(2)43(33-42(68)25-28-67(29-26-53(73)74)52(72)24-23-50(70)63-27-30-86(79,80)81)56(75)64-37(4)46(69)21-17-39-15-19-41(20-16-39)55-54(85-55)36(3)47-13-12-14-51(71)66-45(32-40-18-22-48(82-11)44(62)31-40)57(76)65-38(5)61(9,10)59(78)84-49(58(77)83-47)34-60(6,7)8/h12,14-16,18-20,22,31,35-38,43,45,47,49,54-55H,13,17,21,23-30,32-34H2,1-11H3,(H,63,70)(H,64,75)(H,65,76)(H,66,71)(H,73,74)(H,79,80,81)/b14-12+/t36-,37-,38-,43-,45+,47-,49-,54+,55+/m0/s1.